The summed E-state index contributed by atoms with van der Waals surface area (Å²) in [7, 11) is 0. The van der Waals surface area contributed by atoms with Crippen molar-refractivity contribution in [1.29, 1.82) is 0 Å². The van der Waals surface area contributed by atoms with E-state index in [4.69, 9.17) is 11.6 Å². The SMILES string of the molecule is CC([NH3+])c1ccc(Cl)cc1. The highest BCUT2D eigenvalue weighted by Gasteiger charge is 1.99. The Bertz CT molecular complexity index is 203. The highest BCUT2D eigenvalue weighted by atomic mass is 35.5. The first-order valence-corrected chi connectivity index (χ1v) is 3.66. The van der Waals surface area contributed by atoms with Crippen molar-refractivity contribution in [3.63, 3.8) is 0 Å². The second-order valence-corrected chi connectivity index (χ2v) is 2.89. The van der Waals surface area contributed by atoms with Crippen LogP contribution in [0.25, 0.3) is 0 Å². The summed E-state index contributed by atoms with van der Waals surface area (Å²) >= 11 is 5.70. The van der Waals surface area contributed by atoms with Crippen LogP contribution in [0.5, 0.6) is 0 Å². The van der Waals surface area contributed by atoms with Crippen LogP contribution >= 0.6 is 11.6 Å². The molecule has 1 nitrogen and oxygen atoms in total. The lowest BCUT2D eigenvalue weighted by atomic mass is 10.1. The van der Waals surface area contributed by atoms with Crippen LogP contribution in [-0.4, -0.2) is 0 Å². The molecule has 0 aromatic heterocycles. The number of hydrogen-bond donors (Lipinski definition) is 1. The molecule has 0 amide bonds. The van der Waals surface area contributed by atoms with Crippen LogP contribution in [0.15, 0.2) is 24.3 Å². The molecule has 1 unspecified atom stereocenters. The maximum absolute atomic E-state index is 5.70. The van der Waals surface area contributed by atoms with Gasteiger partial charge in [-0.2, -0.15) is 0 Å². The molecule has 0 aliphatic heterocycles. The Balaban J connectivity index is 2.89. The van der Waals surface area contributed by atoms with E-state index in [9.17, 15) is 0 Å². The molecule has 1 aromatic rings. The van der Waals surface area contributed by atoms with Crippen LogP contribution in [0, 0.1) is 0 Å². The quantitative estimate of drug-likeness (QED) is 0.641. The van der Waals surface area contributed by atoms with Crippen molar-refractivity contribution in [3.05, 3.63) is 34.9 Å². The second-order valence-electron chi connectivity index (χ2n) is 2.45. The van der Waals surface area contributed by atoms with E-state index in [-0.39, 0.29) is 0 Å². The lowest BCUT2D eigenvalue weighted by molar-refractivity contribution is -0.420. The summed E-state index contributed by atoms with van der Waals surface area (Å²) in [5, 5.41) is 0.782. The minimum atomic E-state index is 0.345. The van der Waals surface area contributed by atoms with Crippen LogP contribution in [0.3, 0.4) is 0 Å². The molecule has 1 aromatic carbocycles. The number of quaternary nitrogens is 1. The molecule has 0 fully saturated rings. The molecule has 0 radical (unpaired) electrons. The smallest absolute Gasteiger partial charge is 0.107 e. The average molecular weight is 157 g/mol. The van der Waals surface area contributed by atoms with Gasteiger partial charge in [-0.05, 0) is 19.1 Å². The Kier molecular flexibility index (Phi) is 2.30. The zero-order valence-corrected chi connectivity index (χ0v) is 6.73. The average Bonchev–Trinajstić information content (AvgIpc) is 1.88. The van der Waals surface area contributed by atoms with Gasteiger partial charge < -0.3 is 5.73 Å². The maximum Gasteiger partial charge on any atom is 0.107 e. The fraction of sp³-hybridized carbons (Fsp3) is 0.250. The lowest BCUT2D eigenvalue weighted by Gasteiger charge is -2.00. The van der Waals surface area contributed by atoms with E-state index in [1.54, 1.807) is 0 Å². The van der Waals surface area contributed by atoms with Crippen LogP contribution in [-0.2, 0) is 0 Å². The first kappa shape index (κ1) is 7.58. The third-order valence-corrected chi connectivity index (χ3v) is 1.69. The maximum atomic E-state index is 5.70. The van der Waals surface area contributed by atoms with Gasteiger partial charge in [0.05, 0.1) is 0 Å². The number of halogens is 1. The predicted octanol–water partition coefficient (Wildman–Crippen LogP) is 1.64. The van der Waals surface area contributed by atoms with Crippen molar-refractivity contribution >= 4 is 11.6 Å². The third-order valence-electron chi connectivity index (χ3n) is 1.44. The van der Waals surface area contributed by atoms with Crippen LogP contribution in [0.2, 0.25) is 5.02 Å². The fourth-order valence-electron chi connectivity index (χ4n) is 0.791. The van der Waals surface area contributed by atoms with Crippen LogP contribution in [0.4, 0.5) is 0 Å². The standard InChI is InChI=1S/C8H10ClN/c1-6(10)7-2-4-8(9)5-3-7/h2-6H,10H2,1H3/p+1. The molecule has 0 aliphatic rings. The Labute approximate surface area is 65.8 Å². The Morgan fingerprint density at radius 1 is 1.30 bits per heavy atom. The summed E-state index contributed by atoms with van der Waals surface area (Å²) in [5.74, 6) is 0. The van der Waals surface area contributed by atoms with E-state index < -0.39 is 0 Å². The van der Waals surface area contributed by atoms with Crippen molar-refractivity contribution in [1.82, 2.24) is 0 Å². The van der Waals surface area contributed by atoms with Crippen molar-refractivity contribution in [2.45, 2.75) is 13.0 Å². The molecule has 0 heterocycles. The Morgan fingerprint density at radius 3 is 2.20 bits per heavy atom. The molecular weight excluding hydrogens is 146 g/mol. The monoisotopic (exact) mass is 156 g/mol. The molecule has 0 saturated heterocycles. The van der Waals surface area contributed by atoms with Gasteiger partial charge in [-0.15, -0.1) is 0 Å². The van der Waals surface area contributed by atoms with Gasteiger partial charge in [0.2, 0.25) is 0 Å². The Hall–Kier alpha value is -0.530. The van der Waals surface area contributed by atoms with Crippen molar-refractivity contribution in [2.24, 2.45) is 0 Å². The Morgan fingerprint density at radius 2 is 1.80 bits per heavy atom. The third kappa shape index (κ3) is 1.72. The first-order chi connectivity index (χ1) is 4.70. The first-order valence-electron chi connectivity index (χ1n) is 3.28. The minimum absolute atomic E-state index is 0.345. The van der Waals surface area contributed by atoms with Gasteiger partial charge in [-0.1, -0.05) is 23.7 Å². The van der Waals surface area contributed by atoms with Crippen molar-refractivity contribution in [2.75, 3.05) is 0 Å². The van der Waals surface area contributed by atoms with Gasteiger partial charge in [0.25, 0.3) is 0 Å². The number of rotatable bonds is 1. The molecule has 3 N–H and O–H groups in total. The van der Waals surface area contributed by atoms with E-state index in [2.05, 4.69) is 12.7 Å². The van der Waals surface area contributed by atoms with E-state index >= 15 is 0 Å². The summed E-state index contributed by atoms with van der Waals surface area (Å²) in [6.45, 7) is 2.06. The van der Waals surface area contributed by atoms with Gasteiger partial charge in [0, 0.05) is 10.6 Å². The van der Waals surface area contributed by atoms with Gasteiger partial charge in [-0.25, -0.2) is 0 Å². The number of benzene rings is 1. The summed E-state index contributed by atoms with van der Waals surface area (Å²) in [6, 6.07) is 8.12. The molecule has 1 atom stereocenters. The molecule has 0 aliphatic carbocycles. The summed E-state index contributed by atoms with van der Waals surface area (Å²) in [6.07, 6.45) is 0. The largest absolute Gasteiger partial charge is 0.352 e. The van der Waals surface area contributed by atoms with Gasteiger partial charge in [-0.3, -0.25) is 0 Å². The summed E-state index contributed by atoms with van der Waals surface area (Å²) < 4.78 is 0. The van der Waals surface area contributed by atoms with Gasteiger partial charge in [0.15, 0.2) is 0 Å². The molecule has 0 spiro atoms. The number of hydrogen-bond acceptors (Lipinski definition) is 0. The molecule has 1 rings (SSSR count). The summed E-state index contributed by atoms with van der Waals surface area (Å²) in [4.78, 5) is 0. The zero-order chi connectivity index (χ0) is 7.56. The van der Waals surface area contributed by atoms with E-state index in [1.165, 1.54) is 5.56 Å². The van der Waals surface area contributed by atoms with Crippen LogP contribution < -0.4 is 5.73 Å². The van der Waals surface area contributed by atoms with Crippen molar-refractivity contribution in [3.8, 4) is 0 Å². The molecule has 2 heteroatoms. The van der Waals surface area contributed by atoms with Crippen LogP contribution in [0.1, 0.15) is 18.5 Å². The van der Waals surface area contributed by atoms with Gasteiger partial charge >= 0.3 is 0 Å². The van der Waals surface area contributed by atoms with Crippen molar-refractivity contribution < 1.29 is 5.73 Å². The normalized spacial score (nSPS) is 13.1. The van der Waals surface area contributed by atoms with E-state index in [1.807, 2.05) is 24.3 Å². The zero-order valence-electron chi connectivity index (χ0n) is 5.97. The predicted molar refractivity (Wildman–Crippen MR) is 42.8 cm³/mol. The van der Waals surface area contributed by atoms with Gasteiger partial charge in [0.1, 0.15) is 6.04 Å². The topological polar surface area (TPSA) is 27.6 Å². The molecule has 54 valence electrons. The van der Waals surface area contributed by atoms with E-state index in [0.717, 1.165) is 5.02 Å². The molecule has 10 heavy (non-hydrogen) atoms. The molecule has 0 saturated carbocycles. The minimum Gasteiger partial charge on any atom is -0.352 e. The lowest BCUT2D eigenvalue weighted by Crippen LogP contribution is -2.51. The molecule has 0 bridgehead atoms. The molecular formula is C8H11ClN+. The highest BCUT2D eigenvalue weighted by molar-refractivity contribution is 6.30. The van der Waals surface area contributed by atoms with E-state index in [0.29, 0.717) is 6.04 Å². The highest BCUT2D eigenvalue weighted by Crippen LogP contribution is 2.12. The second kappa shape index (κ2) is 3.04. The summed E-state index contributed by atoms with van der Waals surface area (Å²) in [5.41, 5.74) is 5.12. The fourth-order valence-corrected chi connectivity index (χ4v) is 0.917.